The van der Waals surface area contributed by atoms with Crippen molar-refractivity contribution < 1.29 is 56.8 Å². The summed E-state index contributed by atoms with van der Waals surface area (Å²) in [6.45, 7) is 3.77. The molecule has 1 fully saturated rings. The molecule has 0 aromatic carbocycles. The summed E-state index contributed by atoms with van der Waals surface area (Å²) in [7, 11) is -4.60. The molecule has 1 heterocycles. The molecule has 1 aliphatic rings. The number of allylic oxidation sites excluding steroid dienone is 4. The maximum absolute atomic E-state index is 12.9. The second-order valence-electron chi connectivity index (χ2n) is 18.5. The van der Waals surface area contributed by atoms with Gasteiger partial charge in [0, 0.05) is 12.8 Å². The van der Waals surface area contributed by atoms with E-state index in [1.165, 1.54) is 141 Å². The van der Waals surface area contributed by atoms with Crippen LogP contribution in [0.3, 0.4) is 0 Å². The summed E-state index contributed by atoms with van der Waals surface area (Å²) in [5.41, 5.74) is 0. The standard InChI is InChI=1S/C52H96O12S/c1-3-5-7-9-11-13-15-17-19-20-21-22-23-24-25-26-27-29-31-33-35-37-39-41-48(54)63-45(43-62-52-51(57)50(56)49(55)46(64-52)44-65(58,59)60)42-61-47(53)40-38-36-34-32-30-28-18-16-14-12-10-8-6-4-2/h16,18,20-21,45-46,49-52,55-57H,3-15,17,19,22-44H2,1-2H3,(H,58,59,60)/b18-16-,21-20-. The van der Waals surface area contributed by atoms with Gasteiger partial charge in [-0.15, -0.1) is 0 Å². The number of hydrogen-bond acceptors (Lipinski definition) is 11. The molecule has 0 amide bonds. The van der Waals surface area contributed by atoms with Crippen molar-refractivity contribution in [3.63, 3.8) is 0 Å². The van der Waals surface area contributed by atoms with Gasteiger partial charge in [-0.3, -0.25) is 14.1 Å². The van der Waals surface area contributed by atoms with E-state index in [-0.39, 0.29) is 19.4 Å². The van der Waals surface area contributed by atoms with Crippen molar-refractivity contribution in [1.82, 2.24) is 0 Å². The van der Waals surface area contributed by atoms with Crippen molar-refractivity contribution in [3.05, 3.63) is 24.3 Å². The predicted molar refractivity (Wildman–Crippen MR) is 261 cm³/mol. The highest BCUT2D eigenvalue weighted by atomic mass is 32.2. The normalized spacial score (nSPS) is 19.6. The zero-order valence-corrected chi connectivity index (χ0v) is 41.9. The molecule has 13 heteroatoms. The second kappa shape index (κ2) is 42.2. The number of carbonyl (C=O) groups is 2. The van der Waals surface area contributed by atoms with Crippen LogP contribution in [0.25, 0.3) is 0 Å². The quantitative estimate of drug-likeness (QED) is 0.0196. The van der Waals surface area contributed by atoms with Gasteiger partial charge in [0.1, 0.15) is 36.8 Å². The highest BCUT2D eigenvalue weighted by molar-refractivity contribution is 7.85. The van der Waals surface area contributed by atoms with Crippen LogP contribution in [0.1, 0.15) is 239 Å². The molecule has 0 aliphatic carbocycles. The van der Waals surface area contributed by atoms with E-state index >= 15 is 0 Å². The number of unbranched alkanes of at least 4 members (excludes halogenated alkanes) is 29. The van der Waals surface area contributed by atoms with E-state index in [1.807, 2.05) is 0 Å². The second-order valence-corrected chi connectivity index (χ2v) is 20.0. The number of aliphatic hydroxyl groups is 3. The van der Waals surface area contributed by atoms with Gasteiger partial charge in [0.05, 0.1) is 6.61 Å². The van der Waals surface area contributed by atoms with Crippen molar-refractivity contribution in [3.8, 4) is 0 Å². The first-order valence-electron chi connectivity index (χ1n) is 26.4. The largest absolute Gasteiger partial charge is 0.462 e. The van der Waals surface area contributed by atoms with Crippen LogP contribution >= 0.6 is 0 Å². The van der Waals surface area contributed by atoms with E-state index in [1.54, 1.807) is 0 Å². The van der Waals surface area contributed by atoms with Crippen LogP contribution in [0.2, 0.25) is 0 Å². The lowest BCUT2D eigenvalue weighted by atomic mass is 10.00. The molecule has 0 bridgehead atoms. The molecule has 65 heavy (non-hydrogen) atoms. The predicted octanol–water partition coefficient (Wildman–Crippen LogP) is 12.0. The van der Waals surface area contributed by atoms with Crippen molar-refractivity contribution in [2.24, 2.45) is 0 Å². The van der Waals surface area contributed by atoms with Crippen LogP contribution in [0.5, 0.6) is 0 Å². The van der Waals surface area contributed by atoms with Crippen LogP contribution in [0.4, 0.5) is 0 Å². The van der Waals surface area contributed by atoms with Crippen LogP contribution in [0.15, 0.2) is 24.3 Å². The summed E-state index contributed by atoms with van der Waals surface area (Å²) in [6.07, 6.45) is 39.4. The topological polar surface area (TPSA) is 186 Å². The summed E-state index contributed by atoms with van der Waals surface area (Å²) in [5, 5.41) is 31.0. The summed E-state index contributed by atoms with van der Waals surface area (Å²) in [4.78, 5) is 25.5. The van der Waals surface area contributed by atoms with Gasteiger partial charge in [-0.05, 0) is 64.2 Å². The van der Waals surface area contributed by atoms with Gasteiger partial charge in [-0.2, -0.15) is 8.42 Å². The number of esters is 2. The Hall–Kier alpha value is -1.87. The fourth-order valence-corrected chi connectivity index (χ4v) is 8.83. The van der Waals surface area contributed by atoms with Gasteiger partial charge in [-0.25, -0.2) is 0 Å². The SMILES string of the molecule is CCCCCCC/C=C\CCCCCCCC(=O)OCC(COC1OC(CS(=O)(=O)O)C(O)C(O)C1O)OC(=O)CCCCCCCCCCCCC/C=C\CCCCCCCCCC. The zero-order valence-electron chi connectivity index (χ0n) is 41.1. The smallest absolute Gasteiger partial charge is 0.306 e. The van der Waals surface area contributed by atoms with Gasteiger partial charge in [-0.1, -0.05) is 186 Å². The Balaban J connectivity index is 2.34. The Morgan fingerprint density at radius 2 is 0.877 bits per heavy atom. The average Bonchev–Trinajstić information content (AvgIpc) is 3.27. The van der Waals surface area contributed by atoms with E-state index in [0.29, 0.717) is 12.8 Å². The highest BCUT2D eigenvalue weighted by Gasteiger charge is 2.46. The highest BCUT2D eigenvalue weighted by Crippen LogP contribution is 2.24. The van der Waals surface area contributed by atoms with E-state index < -0.39 is 71.2 Å². The molecule has 0 aromatic rings. The first kappa shape index (κ1) is 61.1. The summed E-state index contributed by atoms with van der Waals surface area (Å²) >= 11 is 0. The molecule has 382 valence electrons. The van der Waals surface area contributed by atoms with E-state index in [2.05, 4.69) is 38.2 Å². The van der Waals surface area contributed by atoms with Crippen LogP contribution in [-0.4, -0.2) is 96.0 Å². The Morgan fingerprint density at radius 1 is 0.508 bits per heavy atom. The van der Waals surface area contributed by atoms with Crippen molar-refractivity contribution in [1.29, 1.82) is 0 Å². The number of rotatable bonds is 45. The molecular weight excluding hydrogens is 849 g/mol. The maximum Gasteiger partial charge on any atom is 0.306 e. The lowest BCUT2D eigenvalue weighted by Gasteiger charge is -2.40. The van der Waals surface area contributed by atoms with Crippen molar-refractivity contribution >= 4 is 22.1 Å². The number of carbonyl (C=O) groups excluding carboxylic acids is 2. The molecular formula is C52H96O12S. The third-order valence-corrected chi connectivity index (χ3v) is 13.0. The molecule has 6 atom stereocenters. The Kier molecular flexibility index (Phi) is 39.7. The van der Waals surface area contributed by atoms with E-state index in [9.17, 15) is 37.9 Å². The van der Waals surface area contributed by atoms with E-state index in [4.69, 9.17) is 18.9 Å². The van der Waals surface area contributed by atoms with Gasteiger partial charge in [0.2, 0.25) is 0 Å². The van der Waals surface area contributed by atoms with Gasteiger partial charge < -0.3 is 34.3 Å². The zero-order chi connectivity index (χ0) is 47.6. The molecule has 0 spiro atoms. The maximum atomic E-state index is 12.9. The Morgan fingerprint density at radius 3 is 1.28 bits per heavy atom. The summed E-state index contributed by atoms with van der Waals surface area (Å²) < 4.78 is 54.2. The molecule has 1 aliphatic heterocycles. The molecule has 1 saturated heterocycles. The first-order chi connectivity index (χ1) is 31.5. The fraction of sp³-hybridized carbons (Fsp3) is 0.885. The van der Waals surface area contributed by atoms with Crippen LogP contribution in [-0.2, 0) is 38.7 Å². The minimum Gasteiger partial charge on any atom is -0.462 e. The van der Waals surface area contributed by atoms with Gasteiger partial charge >= 0.3 is 11.9 Å². The summed E-state index contributed by atoms with van der Waals surface area (Å²) in [5.74, 6) is -1.98. The molecule has 6 unspecified atom stereocenters. The lowest BCUT2D eigenvalue weighted by Crippen LogP contribution is -2.60. The number of hydrogen-bond donors (Lipinski definition) is 4. The van der Waals surface area contributed by atoms with Crippen LogP contribution < -0.4 is 0 Å². The van der Waals surface area contributed by atoms with Crippen LogP contribution in [0, 0.1) is 0 Å². The monoisotopic (exact) mass is 945 g/mol. The molecule has 0 saturated carbocycles. The van der Waals surface area contributed by atoms with E-state index in [0.717, 1.165) is 57.8 Å². The average molecular weight is 945 g/mol. The summed E-state index contributed by atoms with van der Waals surface area (Å²) in [6, 6.07) is 0. The molecule has 1 rings (SSSR count). The first-order valence-corrected chi connectivity index (χ1v) is 28.0. The Bertz CT molecular complexity index is 1290. The third kappa shape index (κ3) is 36.8. The minimum atomic E-state index is -4.60. The van der Waals surface area contributed by atoms with Gasteiger partial charge in [0.15, 0.2) is 12.4 Å². The number of aliphatic hydroxyl groups excluding tert-OH is 3. The third-order valence-electron chi connectivity index (χ3n) is 12.3. The Labute approximate surface area is 396 Å². The molecule has 12 nitrogen and oxygen atoms in total. The van der Waals surface area contributed by atoms with Crippen molar-refractivity contribution in [2.75, 3.05) is 19.0 Å². The fourth-order valence-electron chi connectivity index (χ4n) is 8.14. The molecule has 0 radical (unpaired) electrons. The lowest BCUT2D eigenvalue weighted by molar-refractivity contribution is -0.297. The number of ether oxygens (including phenoxy) is 4. The molecule has 4 N–H and O–H groups in total. The molecule has 0 aromatic heterocycles. The van der Waals surface area contributed by atoms with Gasteiger partial charge in [0.25, 0.3) is 10.1 Å². The minimum absolute atomic E-state index is 0.164. The van der Waals surface area contributed by atoms with Crippen molar-refractivity contribution in [2.45, 2.75) is 275 Å².